The molecule has 2 amide bonds. The zero-order valence-electron chi connectivity index (χ0n) is 16.7. The summed E-state index contributed by atoms with van der Waals surface area (Å²) in [6.45, 7) is 9.18. The first kappa shape index (κ1) is 20.7. The van der Waals surface area contributed by atoms with Crippen molar-refractivity contribution in [3.8, 4) is 0 Å². The minimum absolute atomic E-state index is 0.176. The molecule has 0 radical (unpaired) electrons. The van der Waals surface area contributed by atoms with E-state index < -0.39 is 11.9 Å². The number of nitrogens with one attached hydrogen (secondary N) is 1. The summed E-state index contributed by atoms with van der Waals surface area (Å²) in [5, 5.41) is 7.36. The van der Waals surface area contributed by atoms with E-state index in [0.29, 0.717) is 25.2 Å². The van der Waals surface area contributed by atoms with Gasteiger partial charge in [0, 0.05) is 25.1 Å². The van der Waals surface area contributed by atoms with E-state index in [4.69, 9.17) is 5.73 Å². The van der Waals surface area contributed by atoms with Crippen molar-refractivity contribution in [2.24, 2.45) is 11.7 Å². The van der Waals surface area contributed by atoms with Crippen LogP contribution in [-0.2, 0) is 29.0 Å². The Morgan fingerprint density at radius 3 is 2.44 bits per heavy atom. The highest BCUT2D eigenvalue weighted by Gasteiger charge is 2.19. The maximum atomic E-state index is 12.4. The van der Waals surface area contributed by atoms with Gasteiger partial charge in [-0.05, 0) is 37.3 Å². The van der Waals surface area contributed by atoms with Crippen molar-refractivity contribution in [1.82, 2.24) is 15.1 Å². The minimum Gasteiger partial charge on any atom is -0.368 e. The van der Waals surface area contributed by atoms with Gasteiger partial charge in [0.1, 0.15) is 6.04 Å². The normalized spacial score (nSPS) is 12.2. The van der Waals surface area contributed by atoms with Gasteiger partial charge in [0.15, 0.2) is 0 Å². The number of primary amides is 1. The molecule has 1 heterocycles. The van der Waals surface area contributed by atoms with Gasteiger partial charge in [-0.2, -0.15) is 5.10 Å². The van der Waals surface area contributed by atoms with Gasteiger partial charge in [-0.3, -0.25) is 14.3 Å². The summed E-state index contributed by atoms with van der Waals surface area (Å²) in [5.74, 6) is -0.192. The van der Waals surface area contributed by atoms with E-state index in [1.54, 1.807) is 0 Å². The highest BCUT2D eigenvalue weighted by atomic mass is 16.2. The molecule has 27 heavy (non-hydrogen) atoms. The number of carbonyl (C=O) groups excluding carboxylic acids is 2. The van der Waals surface area contributed by atoms with Crippen molar-refractivity contribution >= 4 is 11.8 Å². The molecule has 0 aliphatic heterocycles. The number of nitrogens with two attached hydrogens (primary N) is 1. The van der Waals surface area contributed by atoms with Crippen molar-refractivity contribution in [3.05, 3.63) is 52.8 Å². The second-order valence-electron chi connectivity index (χ2n) is 7.44. The van der Waals surface area contributed by atoms with Crippen molar-refractivity contribution in [2.75, 3.05) is 0 Å². The summed E-state index contributed by atoms with van der Waals surface area (Å²) in [6.07, 6.45) is 1.29. The van der Waals surface area contributed by atoms with Crippen LogP contribution in [0.4, 0.5) is 0 Å². The number of aromatic nitrogens is 2. The molecule has 6 nitrogen and oxygen atoms in total. The molecule has 0 aliphatic rings. The molecule has 0 spiro atoms. The maximum Gasteiger partial charge on any atom is 0.240 e. The van der Waals surface area contributed by atoms with Gasteiger partial charge in [-0.25, -0.2) is 0 Å². The van der Waals surface area contributed by atoms with Gasteiger partial charge in [-0.15, -0.1) is 0 Å². The number of rotatable bonds is 9. The Morgan fingerprint density at radius 2 is 1.85 bits per heavy atom. The van der Waals surface area contributed by atoms with Crippen LogP contribution in [-0.4, -0.2) is 27.6 Å². The van der Waals surface area contributed by atoms with Crippen LogP contribution in [0.1, 0.15) is 42.8 Å². The highest BCUT2D eigenvalue weighted by Crippen LogP contribution is 2.16. The fraction of sp³-hybridized carbons (Fsp3) is 0.476. The summed E-state index contributed by atoms with van der Waals surface area (Å²) < 4.78 is 2.01. The van der Waals surface area contributed by atoms with Crippen molar-refractivity contribution in [3.63, 3.8) is 0 Å². The minimum atomic E-state index is -0.703. The van der Waals surface area contributed by atoms with Crippen LogP contribution < -0.4 is 11.1 Å². The molecule has 0 saturated carbocycles. The average Bonchev–Trinajstić information content (AvgIpc) is 2.86. The van der Waals surface area contributed by atoms with E-state index in [9.17, 15) is 9.59 Å². The van der Waals surface area contributed by atoms with E-state index in [0.717, 1.165) is 29.1 Å². The molecule has 2 rings (SSSR count). The SMILES string of the molecule is Cc1nn(CC(C)C)c(C)c1CCC(=O)NC(Cc1ccccc1)C(N)=O. The molecule has 1 aromatic heterocycles. The van der Waals surface area contributed by atoms with Crippen LogP contribution in [0.5, 0.6) is 0 Å². The molecule has 0 aliphatic carbocycles. The maximum absolute atomic E-state index is 12.4. The molecule has 0 saturated heterocycles. The lowest BCUT2D eigenvalue weighted by Crippen LogP contribution is -2.45. The Morgan fingerprint density at radius 1 is 1.19 bits per heavy atom. The molecule has 6 heteroatoms. The van der Waals surface area contributed by atoms with Gasteiger partial charge in [0.2, 0.25) is 11.8 Å². The third-order valence-electron chi connectivity index (χ3n) is 4.63. The molecule has 146 valence electrons. The molecule has 1 unspecified atom stereocenters. The van der Waals surface area contributed by atoms with Crippen LogP contribution in [0.25, 0.3) is 0 Å². The zero-order valence-corrected chi connectivity index (χ0v) is 16.7. The molecule has 3 N–H and O–H groups in total. The Hall–Kier alpha value is -2.63. The molecule has 2 aromatic rings. The number of carbonyl (C=O) groups is 2. The highest BCUT2D eigenvalue weighted by molar-refractivity contribution is 5.86. The summed E-state index contributed by atoms with van der Waals surface area (Å²) in [6, 6.07) is 8.83. The number of benzene rings is 1. The Kier molecular flexibility index (Phi) is 7.16. The van der Waals surface area contributed by atoms with Crippen molar-refractivity contribution < 1.29 is 9.59 Å². The summed E-state index contributed by atoms with van der Waals surface area (Å²) in [4.78, 5) is 24.1. The molecular weight excluding hydrogens is 340 g/mol. The monoisotopic (exact) mass is 370 g/mol. The van der Waals surface area contributed by atoms with Crippen molar-refractivity contribution in [2.45, 2.75) is 59.5 Å². The summed E-state index contributed by atoms with van der Waals surface area (Å²) in [7, 11) is 0. The van der Waals surface area contributed by atoms with Crippen LogP contribution in [0.15, 0.2) is 30.3 Å². The summed E-state index contributed by atoms with van der Waals surface area (Å²) in [5.41, 5.74) is 9.59. The predicted molar refractivity (Wildman–Crippen MR) is 106 cm³/mol. The number of amides is 2. The third kappa shape index (κ3) is 5.94. The van der Waals surface area contributed by atoms with Gasteiger partial charge >= 0.3 is 0 Å². The van der Waals surface area contributed by atoms with Gasteiger partial charge in [0.05, 0.1) is 5.69 Å². The third-order valence-corrected chi connectivity index (χ3v) is 4.63. The second kappa shape index (κ2) is 9.35. The molecule has 0 bridgehead atoms. The van der Waals surface area contributed by atoms with Crippen LogP contribution in [0.3, 0.4) is 0 Å². The first-order chi connectivity index (χ1) is 12.8. The van der Waals surface area contributed by atoms with Gasteiger partial charge < -0.3 is 11.1 Å². The number of hydrogen-bond acceptors (Lipinski definition) is 3. The van der Waals surface area contributed by atoms with Crippen molar-refractivity contribution in [1.29, 1.82) is 0 Å². The smallest absolute Gasteiger partial charge is 0.240 e. The first-order valence-corrected chi connectivity index (χ1v) is 9.43. The second-order valence-corrected chi connectivity index (χ2v) is 7.44. The average molecular weight is 370 g/mol. The van der Waals surface area contributed by atoms with Gasteiger partial charge in [0.25, 0.3) is 0 Å². The first-order valence-electron chi connectivity index (χ1n) is 9.43. The van der Waals surface area contributed by atoms with Crippen LogP contribution >= 0.6 is 0 Å². The Balaban J connectivity index is 1.96. The van der Waals surface area contributed by atoms with E-state index in [2.05, 4.69) is 24.3 Å². The predicted octanol–water partition coefficient (Wildman–Crippen LogP) is 2.30. The fourth-order valence-corrected chi connectivity index (χ4v) is 3.20. The number of nitrogens with zero attached hydrogens (tertiary/aromatic N) is 2. The van der Waals surface area contributed by atoms with E-state index in [1.807, 2.05) is 48.9 Å². The Labute approximate surface area is 161 Å². The van der Waals surface area contributed by atoms with E-state index in [-0.39, 0.29) is 5.91 Å². The van der Waals surface area contributed by atoms with E-state index >= 15 is 0 Å². The summed E-state index contributed by atoms with van der Waals surface area (Å²) >= 11 is 0. The number of hydrogen-bond donors (Lipinski definition) is 2. The fourth-order valence-electron chi connectivity index (χ4n) is 3.20. The standard InChI is InChI=1S/C21H30N4O2/c1-14(2)13-25-16(4)18(15(3)24-25)10-11-20(26)23-19(21(22)27)12-17-8-6-5-7-9-17/h5-9,14,19H,10-13H2,1-4H3,(H2,22,27)(H,23,26). The lowest BCUT2D eigenvalue weighted by Gasteiger charge is -2.15. The molecular formula is C21H30N4O2. The Bertz CT molecular complexity index is 781. The zero-order chi connectivity index (χ0) is 20.0. The topological polar surface area (TPSA) is 90.0 Å². The molecule has 1 atom stereocenters. The van der Waals surface area contributed by atoms with Crippen LogP contribution in [0.2, 0.25) is 0 Å². The quantitative estimate of drug-likeness (QED) is 0.710. The molecule has 1 aromatic carbocycles. The van der Waals surface area contributed by atoms with Gasteiger partial charge in [-0.1, -0.05) is 44.2 Å². The van der Waals surface area contributed by atoms with Crippen LogP contribution in [0, 0.1) is 19.8 Å². The largest absolute Gasteiger partial charge is 0.368 e. The molecule has 0 fully saturated rings. The number of aryl methyl sites for hydroxylation is 1. The van der Waals surface area contributed by atoms with E-state index in [1.165, 1.54) is 0 Å². The lowest BCUT2D eigenvalue weighted by molar-refractivity contribution is -0.127. The lowest BCUT2D eigenvalue weighted by atomic mass is 10.0.